The highest BCUT2D eigenvalue weighted by atomic mass is 35.5. The number of benzene rings is 2. The third-order valence-electron chi connectivity index (χ3n) is 3.29. The third-order valence-corrected chi connectivity index (χ3v) is 3.70. The second kappa shape index (κ2) is 4.68. The van der Waals surface area contributed by atoms with Crippen LogP contribution in [-0.2, 0) is 6.54 Å². The zero-order valence-electron chi connectivity index (χ0n) is 10.6. The molecule has 19 heavy (non-hydrogen) atoms. The van der Waals surface area contributed by atoms with Gasteiger partial charge in [-0.25, -0.2) is 4.98 Å². The van der Waals surface area contributed by atoms with E-state index in [9.17, 15) is 0 Å². The van der Waals surface area contributed by atoms with Gasteiger partial charge in [-0.2, -0.15) is 0 Å². The Morgan fingerprint density at radius 2 is 1.95 bits per heavy atom. The van der Waals surface area contributed by atoms with Gasteiger partial charge < -0.3 is 5.73 Å². The molecule has 0 aliphatic rings. The molecule has 0 saturated carbocycles. The summed E-state index contributed by atoms with van der Waals surface area (Å²) in [6.45, 7) is 2.40. The van der Waals surface area contributed by atoms with E-state index in [0.29, 0.717) is 6.54 Å². The summed E-state index contributed by atoms with van der Waals surface area (Å²) in [5, 5.41) is 0.748. The van der Waals surface area contributed by atoms with Gasteiger partial charge in [0.25, 0.3) is 0 Å². The van der Waals surface area contributed by atoms with E-state index < -0.39 is 0 Å². The highest BCUT2D eigenvalue weighted by molar-refractivity contribution is 6.31. The average Bonchev–Trinajstić information content (AvgIpc) is 2.80. The molecule has 0 saturated heterocycles. The Labute approximate surface area is 116 Å². The number of imidazole rings is 1. The lowest BCUT2D eigenvalue weighted by molar-refractivity contribution is 0.878. The summed E-state index contributed by atoms with van der Waals surface area (Å²) in [5.74, 6) is 0.839. The first-order valence-electron chi connectivity index (χ1n) is 6.14. The summed E-state index contributed by atoms with van der Waals surface area (Å²) in [4.78, 5) is 4.57. The molecule has 0 aliphatic carbocycles. The minimum atomic E-state index is 0.390. The fourth-order valence-corrected chi connectivity index (χ4v) is 2.49. The van der Waals surface area contributed by atoms with Gasteiger partial charge in [0.2, 0.25) is 0 Å². The van der Waals surface area contributed by atoms with Crippen molar-refractivity contribution in [1.29, 1.82) is 0 Å². The summed E-state index contributed by atoms with van der Waals surface area (Å²) in [5.41, 5.74) is 9.88. The average molecular weight is 272 g/mol. The number of aromatic nitrogens is 2. The molecule has 0 atom stereocenters. The van der Waals surface area contributed by atoms with Gasteiger partial charge in [-0.15, -0.1) is 0 Å². The number of para-hydroxylation sites is 2. The first-order valence-corrected chi connectivity index (χ1v) is 6.52. The minimum absolute atomic E-state index is 0.390. The van der Waals surface area contributed by atoms with Crippen molar-refractivity contribution in [3.05, 3.63) is 58.9 Å². The zero-order valence-corrected chi connectivity index (χ0v) is 11.4. The topological polar surface area (TPSA) is 43.8 Å². The highest BCUT2D eigenvalue weighted by Crippen LogP contribution is 2.27. The van der Waals surface area contributed by atoms with Crippen LogP contribution in [0.4, 0.5) is 0 Å². The number of rotatable bonds is 2. The van der Waals surface area contributed by atoms with Crippen LogP contribution < -0.4 is 5.73 Å². The van der Waals surface area contributed by atoms with E-state index in [1.54, 1.807) is 0 Å². The van der Waals surface area contributed by atoms with Crippen LogP contribution in [0.25, 0.3) is 16.7 Å². The van der Waals surface area contributed by atoms with Gasteiger partial charge in [-0.1, -0.05) is 29.8 Å². The second-order valence-corrected chi connectivity index (χ2v) is 4.85. The summed E-state index contributed by atoms with van der Waals surface area (Å²) in [7, 11) is 0. The van der Waals surface area contributed by atoms with Gasteiger partial charge in [0.05, 0.1) is 23.3 Å². The number of nitrogens with two attached hydrogens (primary N) is 1. The molecule has 0 unspecified atom stereocenters. The predicted molar refractivity (Wildman–Crippen MR) is 78.7 cm³/mol. The van der Waals surface area contributed by atoms with Gasteiger partial charge in [0, 0.05) is 5.02 Å². The fourth-order valence-electron chi connectivity index (χ4n) is 2.32. The molecule has 1 aromatic heterocycles. The molecular weight excluding hydrogens is 258 g/mol. The van der Waals surface area contributed by atoms with Gasteiger partial charge >= 0.3 is 0 Å². The molecule has 0 spiro atoms. The Hall–Kier alpha value is -1.84. The van der Waals surface area contributed by atoms with Crippen LogP contribution in [0.2, 0.25) is 5.02 Å². The third kappa shape index (κ3) is 1.91. The smallest absolute Gasteiger partial charge is 0.128 e. The summed E-state index contributed by atoms with van der Waals surface area (Å²) in [6.07, 6.45) is 0. The van der Waals surface area contributed by atoms with Crippen LogP contribution in [0.15, 0.2) is 42.5 Å². The maximum atomic E-state index is 6.21. The monoisotopic (exact) mass is 271 g/mol. The zero-order chi connectivity index (χ0) is 13.4. The van der Waals surface area contributed by atoms with E-state index in [-0.39, 0.29) is 0 Å². The minimum Gasteiger partial charge on any atom is -0.324 e. The molecule has 0 amide bonds. The van der Waals surface area contributed by atoms with Crippen molar-refractivity contribution in [3.8, 4) is 5.69 Å². The molecule has 96 valence electrons. The Morgan fingerprint density at radius 1 is 1.16 bits per heavy atom. The van der Waals surface area contributed by atoms with E-state index in [1.165, 1.54) is 0 Å². The van der Waals surface area contributed by atoms with Crippen LogP contribution in [-0.4, -0.2) is 9.55 Å². The van der Waals surface area contributed by atoms with E-state index in [0.717, 1.165) is 33.1 Å². The van der Waals surface area contributed by atoms with Gasteiger partial charge in [-0.05, 0) is 36.8 Å². The lowest BCUT2D eigenvalue weighted by Gasteiger charge is -2.12. The Bertz CT molecular complexity index is 746. The SMILES string of the molecule is Cc1c(Cl)cccc1-n1c(CN)nc2ccccc21. The molecule has 2 aromatic carbocycles. The first kappa shape index (κ1) is 12.2. The second-order valence-electron chi connectivity index (χ2n) is 4.44. The van der Waals surface area contributed by atoms with Crippen molar-refractivity contribution >= 4 is 22.6 Å². The Balaban J connectivity index is 2.38. The maximum Gasteiger partial charge on any atom is 0.128 e. The van der Waals surface area contributed by atoms with E-state index >= 15 is 0 Å². The van der Waals surface area contributed by atoms with Crippen LogP contribution in [0.1, 0.15) is 11.4 Å². The van der Waals surface area contributed by atoms with Gasteiger partial charge in [-0.3, -0.25) is 4.57 Å². The molecule has 0 fully saturated rings. The molecule has 3 nitrogen and oxygen atoms in total. The molecule has 4 heteroatoms. The van der Waals surface area contributed by atoms with Crippen LogP contribution in [0, 0.1) is 6.92 Å². The molecule has 0 radical (unpaired) electrons. The Morgan fingerprint density at radius 3 is 2.74 bits per heavy atom. The van der Waals surface area contributed by atoms with E-state index in [2.05, 4.69) is 9.55 Å². The van der Waals surface area contributed by atoms with E-state index in [1.807, 2.05) is 49.4 Å². The van der Waals surface area contributed by atoms with Crippen molar-refractivity contribution < 1.29 is 0 Å². The number of hydrogen-bond donors (Lipinski definition) is 1. The largest absolute Gasteiger partial charge is 0.324 e. The van der Waals surface area contributed by atoms with Crippen LogP contribution in [0.5, 0.6) is 0 Å². The fraction of sp³-hybridized carbons (Fsp3) is 0.133. The molecule has 1 heterocycles. The van der Waals surface area contributed by atoms with Crippen molar-refractivity contribution in [2.24, 2.45) is 5.73 Å². The predicted octanol–water partition coefficient (Wildman–Crippen LogP) is 3.45. The highest BCUT2D eigenvalue weighted by Gasteiger charge is 2.13. The molecule has 0 bridgehead atoms. The summed E-state index contributed by atoms with van der Waals surface area (Å²) in [6, 6.07) is 13.9. The van der Waals surface area contributed by atoms with Crippen LogP contribution in [0.3, 0.4) is 0 Å². The van der Waals surface area contributed by atoms with Crippen LogP contribution >= 0.6 is 11.6 Å². The summed E-state index contributed by atoms with van der Waals surface area (Å²) >= 11 is 6.21. The maximum absolute atomic E-state index is 6.21. The molecule has 2 N–H and O–H groups in total. The standard InChI is InChI=1S/C15H14ClN3/c1-10-11(16)5-4-8-13(10)19-14-7-3-2-6-12(14)18-15(19)9-17/h2-8H,9,17H2,1H3. The lowest BCUT2D eigenvalue weighted by atomic mass is 10.2. The van der Waals surface area contributed by atoms with Crippen molar-refractivity contribution in [2.45, 2.75) is 13.5 Å². The van der Waals surface area contributed by atoms with Crippen molar-refractivity contribution in [2.75, 3.05) is 0 Å². The molecular formula is C15H14ClN3. The van der Waals surface area contributed by atoms with Gasteiger partial charge in [0.1, 0.15) is 5.82 Å². The lowest BCUT2D eigenvalue weighted by Crippen LogP contribution is -2.08. The van der Waals surface area contributed by atoms with Crippen molar-refractivity contribution in [3.63, 3.8) is 0 Å². The summed E-state index contributed by atoms with van der Waals surface area (Å²) < 4.78 is 2.08. The Kier molecular flexibility index (Phi) is 3.01. The number of halogens is 1. The molecule has 0 aliphatic heterocycles. The quantitative estimate of drug-likeness (QED) is 0.776. The number of hydrogen-bond acceptors (Lipinski definition) is 2. The first-order chi connectivity index (χ1) is 9.22. The number of fused-ring (bicyclic) bond motifs is 1. The van der Waals surface area contributed by atoms with Gasteiger partial charge in [0.15, 0.2) is 0 Å². The number of nitrogens with zero attached hydrogens (tertiary/aromatic N) is 2. The van der Waals surface area contributed by atoms with Crippen molar-refractivity contribution in [1.82, 2.24) is 9.55 Å². The molecule has 3 rings (SSSR count). The van der Waals surface area contributed by atoms with E-state index in [4.69, 9.17) is 17.3 Å². The molecule has 3 aromatic rings. The normalized spacial score (nSPS) is 11.1.